The summed E-state index contributed by atoms with van der Waals surface area (Å²) in [5.41, 5.74) is 0.896. The van der Waals surface area contributed by atoms with Gasteiger partial charge in [0.25, 0.3) is 7.82 Å². The molecule has 0 fully saturated rings. The quantitative estimate of drug-likeness (QED) is 0.0388. The van der Waals surface area contributed by atoms with Crippen LogP contribution in [0.5, 0.6) is 0 Å². The lowest BCUT2D eigenvalue weighted by atomic mass is 10.0. The molecule has 1 N–H and O–H groups in total. The van der Waals surface area contributed by atoms with Gasteiger partial charge in [0.2, 0.25) is 0 Å². The number of ether oxygens (including phenoxy) is 2. The third-order valence-electron chi connectivity index (χ3n) is 7.62. The first kappa shape index (κ1) is 41.7. The zero-order valence-corrected chi connectivity index (χ0v) is 29.9. The molecule has 10 heteroatoms. The molecule has 0 saturated carbocycles. The van der Waals surface area contributed by atoms with E-state index in [-0.39, 0.29) is 32.9 Å². The highest BCUT2D eigenvalue weighted by Gasteiger charge is 2.20. The molecule has 0 aliphatic heterocycles. The van der Waals surface area contributed by atoms with Crippen molar-refractivity contribution < 1.29 is 37.3 Å². The fourth-order valence-electron chi connectivity index (χ4n) is 4.86. The monoisotopic (exact) mass is 656 g/mol. The third kappa shape index (κ3) is 27.5. The van der Waals surface area contributed by atoms with Crippen LogP contribution in [0.3, 0.4) is 0 Å². The summed E-state index contributed by atoms with van der Waals surface area (Å²) >= 11 is 0. The number of unbranched alkanes of at least 4 members (excludes halogenated alkanes) is 15. The highest BCUT2D eigenvalue weighted by Crippen LogP contribution is 2.39. The molecular weight excluding hydrogens is 591 g/mol. The van der Waals surface area contributed by atoms with Gasteiger partial charge in [-0.25, -0.2) is 0 Å². The van der Waals surface area contributed by atoms with Gasteiger partial charge in [0, 0.05) is 13.2 Å². The number of nitrogens with zero attached hydrogens (tertiary/aromatic N) is 1. The van der Waals surface area contributed by atoms with Crippen molar-refractivity contribution >= 4 is 13.8 Å². The largest absolute Gasteiger partial charge is 0.756 e. The van der Waals surface area contributed by atoms with Crippen molar-refractivity contribution in [2.45, 2.75) is 122 Å². The van der Waals surface area contributed by atoms with Crippen LogP contribution in [0.15, 0.2) is 30.3 Å². The number of likely N-dealkylation sites (N-methyl/N-ethyl adjacent to an activating group) is 1. The Bertz CT molecular complexity index is 882. The minimum absolute atomic E-state index is 0.0241. The van der Waals surface area contributed by atoms with Gasteiger partial charge in [-0.2, -0.15) is 0 Å². The van der Waals surface area contributed by atoms with E-state index < -0.39 is 19.9 Å². The summed E-state index contributed by atoms with van der Waals surface area (Å²) in [5, 5.41) is 2.94. The number of carbonyl (C=O) groups excluding carboxylic acids is 1. The molecule has 1 aromatic carbocycles. The van der Waals surface area contributed by atoms with Gasteiger partial charge >= 0.3 is 5.97 Å². The van der Waals surface area contributed by atoms with Gasteiger partial charge in [-0.15, -0.1) is 0 Å². The van der Waals surface area contributed by atoms with Crippen molar-refractivity contribution in [2.24, 2.45) is 0 Å². The normalized spacial score (nSPS) is 13.9. The third-order valence-corrected chi connectivity index (χ3v) is 8.67. The summed E-state index contributed by atoms with van der Waals surface area (Å²) in [5.74, 6) is -0.434. The minimum Gasteiger partial charge on any atom is -0.756 e. The van der Waals surface area contributed by atoms with Gasteiger partial charge < -0.3 is 33.2 Å². The van der Waals surface area contributed by atoms with E-state index in [1.54, 1.807) is 0 Å². The van der Waals surface area contributed by atoms with Gasteiger partial charge in [0.05, 0.1) is 34.3 Å². The molecule has 0 aromatic heterocycles. The van der Waals surface area contributed by atoms with E-state index in [1.807, 2.05) is 51.5 Å². The molecule has 2 atom stereocenters. The van der Waals surface area contributed by atoms with Gasteiger partial charge in [-0.1, -0.05) is 134 Å². The Morgan fingerprint density at radius 3 is 1.89 bits per heavy atom. The molecule has 1 rings (SSSR count). The molecular formula is C35H65N2O7P. The molecule has 0 spiro atoms. The van der Waals surface area contributed by atoms with E-state index >= 15 is 0 Å². The van der Waals surface area contributed by atoms with Crippen molar-refractivity contribution in [3.05, 3.63) is 35.9 Å². The number of carbonyl (C=O) groups is 1. The number of phosphoric acid groups is 1. The van der Waals surface area contributed by atoms with Crippen LogP contribution in [-0.4, -0.2) is 77.2 Å². The first-order valence-corrected chi connectivity index (χ1v) is 19.0. The molecule has 0 aliphatic rings. The molecule has 262 valence electrons. The molecule has 0 saturated heterocycles. The molecule has 45 heavy (non-hydrogen) atoms. The number of hydrogen-bond donors (Lipinski definition) is 1. The van der Waals surface area contributed by atoms with Crippen LogP contribution in [0.1, 0.15) is 115 Å². The molecule has 9 nitrogen and oxygen atoms in total. The number of benzene rings is 1. The van der Waals surface area contributed by atoms with Crippen molar-refractivity contribution in [1.82, 2.24) is 5.32 Å². The summed E-state index contributed by atoms with van der Waals surface area (Å²) in [4.78, 5) is 24.6. The van der Waals surface area contributed by atoms with Crippen LogP contribution >= 0.6 is 7.82 Å². The Hall–Kier alpha value is -1.32. The first-order valence-electron chi connectivity index (χ1n) is 17.5. The van der Waals surface area contributed by atoms with E-state index in [1.165, 1.54) is 89.9 Å². The standard InChI is InChI=1S/C35H65N2O7P/c1-5-6-7-8-9-10-11-12-13-14-15-16-17-18-19-23-27-41-32-34(44-45(39,40)43-28-26-37(2,3)4)29-36-30-35(38)42-31-33-24-21-20-22-25-33/h20-22,24-25,34,36H,5-19,23,26-32H2,1-4H3. The molecule has 0 radical (unpaired) electrons. The van der Waals surface area contributed by atoms with Crippen LogP contribution in [0.25, 0.3) is 0 Å². The first-order chi connectivity index (χ1) is 21.6. The number of hydrogen-bond acceptors (Lipinski definition) is 8. The maximum absolute atomic E-state index is 12.5. The van der Waals surface area contributed by atoms with E-state index in [0.717, 1.165) is 18.4 Å². The number of esters is 1. The smallest absolute Gasteiger partial charge is 0.320 e. The lowest BCUT2D eigenvalue weighted by Gasteiger charge is -2.30. The second-order valence-corrected chi connectivity index (χ2v) is 14.5. The zero-order valence-electron chi connectivity index (χ0n) is 29.0. The molecule has 0 bridgehead atoms. The predicted molar refractivity (Wildman–Crippen MR) is 181 cm³/mol. The van der Waals surface area contributed by atoms with Crippen molar-refractivity contribution in [2.75, 3.05) is 60.6 Å². The number of nitrogens with one attached hydrogen (secondary N) is 1. The van der Waals surface area contributed by atoms with Crippen molar-refractivity contribution in [3.63, 3.8) is 0 Å². The fourth-order valence-corrected chi connectivity index (χ4v) is 5.72. The second-order valence-electron chi connectivity index (χ2n) is 13.2. The summed E-state index contributed by atoms with van der Waals surface area (Å²) in [6.07, 6.45) is 20.1. The maximum Gasteiger partial charge on any atom is 0.320 e. The summed E-state index contributed by atoms with van der Waals surface area (Å²) in [6, 6.07) is 9.42. The van der Waals surface area contributed by atoms with Gasteiger partial charge in [0.15, 0.2) is 0 Å². The molecule has 0 amide bonds. The second kappa shape index (κ2) is 26.7. The minimum atomic E-state index is -4.54. The Kier molecular flexibility index (Phi) is 24.8. The molecule has 0 heterocycles. The number of rotatable bonds is 31. The van der Waals surface area contributed by atoms with Crippen LogP contribution in [0, 0.1) is 0 Å². The average molecular weight is 657 g/mol. The molecule has 1 aromatic rings. The topological polar surface area (TPSA) is 106 Å². The summed E-state index contributed by atoms with van der Waals surface area (Å²) in [7, 11) is 1.32. The highest BCUT2D eigenvalue weighted by atomic mass is 31.2. The van der Waals surface area contributed by atoms with E-state index in [0.29, 0.717) is 17.6 Å². The van der Waals surface area contributed by atoms with Crippen LogP contribution in [0.4, 0.5) is 0 Å². The van der Waals surface area contributed by atoms with Crippen LogP contribution in [0.2, 0.25) is 0 Å². The Morgan fingerprint density at radius 1 is 0.822 bits per heavy atom. The zero-order chi connectivity index (χ0) is 33.1. The Balaban J connectivity index is 2.22. The van der Waals surface area contributed by atoms with Crippen molar-refractivity contribution in [3.8, 4) is 0 Å². The Labute approximate surface area is 274 Å². The van der Waals surface area contributed by atoms with Crippen molar-refractivity contribution in [1.29, 1.82) is 0 Å². The predicted octanol–water partition coefficient (Wildman–Crippen LogP) is 7.17. The SMILES string of the molecule is CCCCCCCCCCCCCCCCCCOCC(CNCC(=O)OCc1ccccc1)OP(=O)([O-])OCC[N+](C)(C)C. The lowest BCUT2D eigenvalue weighted by Crippen LogP contribution is -2.38. The average Bonchev–Trinajstić information content (AvgIpc) is 2.99. The number of phosphoric ester groups is 1. The van der Waals surface area contributed by atoms with Gasteiger partial charge in [0.1, 0.15) is 25.9 Å². The molecule has 2 unspecified atom stereocenters. The number of quaternary nitrogens is 1. The summed E-state index contributed by atoms with van der Waals surface area (Å²) in [6.45, 7) is 3.63. The van der Waals surface area contributed by atoms with E-state index in [2.05, 4.69) is 12.2 Å². The lowest BCUT2D eigenvalue weighted by molar-refractivity contribution is -0.870. The van der Waals surface area contributed by atoms with Crippen LogP contribution < -0.4 is 10.2 Å². The van der Waals surface area contributed by atoms with Gasteiger partial charge in [-0.3, -0.25) is 9.36 Å². The fraction of sp³-hybridized carbons (Fsp3) is 0.800. The van der Waals surface area contributed by atoms with Gasteiger partial charge in [-0.05, 0) is 12.0 Å². The van der Waals surface area contributed by atoms with E-state index in [9.17, 15) is 14.3 Å². The Morgan fingerprint density at radius 2 is 1.36 bits per heavy atom. The van der Waals surface area contributed by atoms with E-state index in [4.69, 9.17) is 18.5 Å². The molecule has 0 aliphatic carbocycles. The summed E-state index contributed by atoms with van der Waals surface area (Å²) < 4.78 is 34.5. The maximum atomic E-state index is 12.5. The van der Waals surface area contributed by atoms with Crippen LogP contribution in [-0.2, 0) is 34.5 Å². The highest BCUT2D eigenvalue weighted by molar-refractivity contribution is 7.45.